The van der Waals surface area contributed by atoms with Gasteiger partial charge in [-0.3, -0.25) is 0 Å². The lowest BCUT2D eigenvalue weighted by atomic mass is 10.7. The largest absolute Gasteiger partial charge is 0.242 e. The first-order valence-corrected chi connectivity index (χ1v) is 2.71. The molecule has 0 spiro atoms. The molecular formula is C4H4N6. The van der Waals surface area contributed by atoms with Crippen molar-refractivity contribution in [2.24, 2.45) is 7.05 Å². The fourth-order valence-electron chi connectivity index (χ4n) is 0.695. The first kappa shape index (κ1) is 5.21. The Kier molecular flexibility index (Phi) is 0.883. The minimum Gasteiger partial charge on any atom is -0.210 e. The molecule has 0 saturated carbocycles. The lowest BCUT2D eigenvalue weighted by Crippen LogP contribution is -1.90. The first-order chi connectivity index (χ1) is 4.86. The zero-order chi connectivity index (χ0) is 6.97. The number of aryl methyl sites for hydroxylation is 1. The van der Waals surface area contributed by atoms with Gasteiger partial charge < -0.3 is 0 Å². The fourth-order valence-corrected chi connectivity index (χ4v) is 0.695. The molecule has 0 aliphatic carbocycles. The second kappa shape index (κ2) is 1.69. The van der Waals surface area contributed by atoms with Crippen LogP contribution >= 0.6 is 0 Å². The highest BCUT2D eigenvalue weighted by molar-refractivity contribution is 5.61. The van der Waals surface area contributed by atoms with Crippen LogP contribution in [0.1, 0.15) is 0 Å². The summed E-state index contributed by atoms with van der Waals surface area (Å²) >= 11 is 0. The number of fused-ring (bicyclic) bond motifs is 1. The molecule has 0 unspecified atom stereocenters. The van der Waals surface area contributed by atoms with Gasteiger partial charge in [0.25, 0.3) is 0 Å². The van der Waals surface area contributed by atoms with Gasteiger partial charge in [0.2, 0.25) is 11.3 Å². The normalized spacial score (nSPS) is 10.5. The summed E-state index contributed by atoms with van der Waals surface area (Å²) < 4.78 is 0. The third kappa shape index (κ3) is 0.619. The molecule has 10 heavy (non-hydrogen) atoms. The molecule has 0 fully saturated rings. The predicted molar refractivity (Wildman–Crippen MR) is 31.9 cm³/mol. The monoisotopic (exact) mass is 136 g/mol. The maximum absolute atomic E-state index is 3.91. The minimum absolute atomic E-state index is 0.477. The van der Waals surface area contributed by atoms with E-state index in [4.69, 9.17) is 0 Å². The summed E-state index contributed by atoms with van der Waals surface area (Å²) in [5, 5.41) is 15.0. The van der Waals surface area contributed by atoms with E-state index < -0.39 is 0 Å². The van der Waals surface area contributed by atoms with E-state index in [0.29, 0.717) is 11.3 Å². The van der Waals surface area contributed by atoms with E-state index in [1.54, 1.807) is 7.05 Å². The number of aromatic nitrogens is 6. The van der Waals surface area contributed by atoms with Gasteiger partial charge in [-0.05, 0) is 0 Å². The Hall–Kier alpha value is -1.59. The second-order valence-electron chi connectivity index (χ2n) is 1.80. The van der Waals surface area contributed by atoms with Crippen molar-refractivity contribution in [1.82, 2.24) is 30.2 Å². The average Bonchev–Trinajstić information content (AvgIpc) is 2.27. The van der Waals surface area contributed by atoms with Gasteiger partial charge in [-0.25, -0.2) is 4.98 Å². The van der Waals surface area contributed by atoms with Gasteiger partial charge in [-0.15, -0.1) is 20.4 Å². The quantitative estimate of drug-likeness (QED) is 0.472. The minimum atomic E-state index is 0.477. The lowest BCUT2D eigenvalue weighted by Gasteiger charge is -1.75. The Balaban J connectivity index is 2.88. The summed E-state index contributed by atoms with van der Waals surface area (Å²) in [6.07, 6.45) is 1.34. The Morgan fingerprint density at radius 2 is 2.10 bits per heavy atom. The molecule has 2 aromatic rings. The van der Waals surface area contributed by atoms with E-state index in [-0.39, 0.29) is 0 Å². The second-order valence-corrected chi connectivity index (χ2v) is 1.80. The van der Waals surface area contributed by atoms with Crippen LogP contribution in [0.3, 0.4) is 0 Å². The first-order valence-electron chi connectivity index (χ1n) is 2.71. The SMILES string of the molecule is Cn1nc2ncnnc2n1. The number of hydrogen-bond acceptors (Lipinski definition) is 5. The summed E-state index contributed by atoms with van der Waals surface area (Å²) in [5.74, 6) is 0. The highest BCUT2D eigenvalue weighted by Crippen LogP contribution is 1.95. The molecular weight excluding hydrogens is 132 g/mol. The van der Waals surface area contributed by atoms with Crippen molar-refractivity contribution in [3.8, 4) is 0 Å². The van der Waals surface area contributed by atoms with Gasteiger partial charge in [0.1, 0.15) is 6.33 Å². The summed E-state index contributed by atoms with van der Waals surface area (Å²) in [7, 11) is 1.71. The summed E-state index contributed by atoms with van der Waals surface area (Å²) in [6.45, 7) is 0. The van der Waals surface area contributed by atoms with Crippen LogP contribution < -0.4 is 0 Å². The smallest absolute Gasteiger partial charge is 0.210 e. The van der Waals surface area contributed by atoms with E-state index in [0.717, 1.165) is 0 Å². The molecule has 2 rings (SSSR count). The van der Waals surface area contributed by atoms with E-state index in [1.807, 2.05) is 0 Å². The van der Waals surface area contributed by atoms with E-state index in [2.05, 4.69) is 25.4 Å². The summed E-state index contributed by atoms with van der Waals surface area (Å²) in [6, 6.07) is 0. The number of nitrogens with zero attached hydrogens (tertiary/aromatic N) is 6. The van der Waals surface area contributed by atoms with E-state index >= 15 is 0 Å². The highest BCUT2D eigenvalue weighted by atomic mass is 15.5. The average molecular weight is 136 g/mol. The van der Waals surface area contributed by atoms with Gasteiger partial charge in [-0.1, -0.05) is 0 Å². The van der Waals surface area contributed by atoms with Crippen molar-refractivity contribution in [3.63, 3.8) is 0 Å². The van der Waals surface area contributed by atoms with Gasteiger partial charge in [0, 0.05) is 7.05 Å². The van der Waals surface area contributed by atoms with Gasteiger partial charge in [-0.2, -0.15) is 4.80 Å². The zero-order valence-corrected chi connectivity index (χ0v) is 5.26. The fraction of sp³-hybridized carbons (Fsp3) is 0.250. The molecule has 0 atom stereocenters. The van der Waals surface area contributed by atoms with Crippen molar-refractivity contribution in [1.29, 1.82) is 0 Å². The van der Waals surface area contributed by atoms with Crippen LogP contribution in [0, 0.1) is 0 Å². The molecule has 0 aliphatic rings. The van der Waals surface area contributed by atoms with Crippen molar-refractivity contribution in [2.75, 3.05) is 0 Å². The summed E-state index contributed by atoms with van der Waals surface area (Å²) in [4.78, 5) is 5.24. The van der Waals surface area contributed by atoms with Crippen LogP contribution in [0.4, 0.5) is 0 Å². The van der Waals surface area contributed by atoms with Crippen molar-refractivity contribution < 1.29 is 0 Å². The maximum atomic E-state index is 3.91. The third-order valence-electron chi connectivity index (χ3n) is 1.06. The summed E-state index contributed by atoms with van der Waals surface area (Å²) in [5.41, 5.74) is 1.00. The maximum Gasteiger partial charge on any atom is 0.242 e. The van der Waals surface area contributed by atoms with Crippen LogP contribution in [-0.2, 0) is 7.05 Å². The molecule has 0 aliphatic heterocycles. The number of hydrogen-bond donors (Lipinski definition) is 0. The molecule has 2 heterocycles. The molecule has 0 amide bonds. The topological polar surface area (TPSA) is 69.4 Å². The Morgan fingerprint density at radius 3 is 2.90 bits per heavy atom. The molecule has 0 N–H and O–H groups in total. The van der Waals surface area contributed by atoms with Gasteiger partial charge in [0.15, 0.2) is 0 Å². The van der Waals surface area contributed by atoms with Crippen LogP contribution in [0.15, 0.2) is 6.33 Å². The van der Waals surface area contributed by atoms with Crippen LogP contribution in [0.5, 0.6) is 0 Å². The molecule has 0 saturated heterocycles. The van der Waals surface area contributed by atoms with Crippen LogP contribution in [0.2, 0.25) is 0 Å². The lowest BCUT2D eigenvalue weighted by molar-refractivity contribution is 0.662. The standard InChI is InChI=1S/C4H4N6/c1-10-8-3-4(9-10)7-6-2-5-3/h2H,1H3. The Morgan fingerprint density at radius 1 is 1.30 bits per heavy atom. The van der Waals surface area contributed by atoms with Crippen molar-refractivity contribution in [3.05, 3.63) is 6.33 Å². The van der Waals surface area contributed by atoms with E-state index in [9.17, 15) is 0 Å². The Bertz CT molecular complexity index is 318. The molecule has 50 valence electrons. The van der Waals surface area contributed by atoms with Gasteiger partial charge >= 0.3 is 0 Å². The Labute approximate surface area is 55.9 Å². The van der Waals surface area contributed by atoms with Crippen molar-refractivity contribution >= 4 is 11.3 Å². The molecule has 0 radical (unpaired) electrons. The van der Waals surface area contributed by atoms with E-state index in [1.165, 1.54) is 11.1 Å². The predicted octanol–water partition coefficient (Wildman–Crippen LogP) is -0.847. The highest BCUT2D eigenvalue weighted by Gasteiger charge is 1.99. The molecule has 2 aromatic heterocycles. The molecule has 6 nitrogen and oxygen atoms in total. The van der Waals surface area contributed by atoms with Crippen molar-refractivity contribution in [2.45, 2.75) is 0 Å². The zero-order valence-electron chi connectivity index (χ0n) is 5.26. The third-order valence-corrected chi connectivity index (χ3v) is 1.06. The molecule has 6 heteroatoms. The molecule has 0 aromatic carbocycles. The number of rotatable bonds is 0. The van der Waals surface area contributed by atoms with Crippen LogP contribution in [-0.4, -0.2) is 30.2 Å². The van der Waals surface area contributed by atoms with Crippen LogP contribution in [0.25, 0.3) is 11.3 Å². The van der Waals surface area contributed by atoms with Gasteiger partial charge in [0.05, 0.1) is 0 Å². The molecule has 0 bridgehead atoms.